The maximum absolute atomic E-state index is 12.2. The van der Waals surface area contributed by atoms with Crippen LogP contribution in [0.2, 0.25) is 0 Å². The third kappa shape index (κ3) is 5.07. The topological polar surface area (TPSA) is 85.4 Å². The highest BCUT2D eigenvalue weighted by Gasteiger charge is 2.12. The van der Waals surface area contributed by atoms with Gasteiger partial charge in [0.1, 0.15) is 17.2 Å². The lowest BCUT2D eigenvalue weighted by Gasteiger charge is -2.13. The lowest BCUT2D eigenvalue weighted by atomic mass is 10.2. The minimum atomic E-state index is -0.219. The molecule has 2 N–H and O–H groups in total. The Bertz CT molecular complexity index is 747. The highest BCUT2D eigenvalue weighted by Crippen LogP contribution is 2.30. The molecular weight excluding hydrogens is 320 g/mol. The van der Waals surface area contributed by atoms with Gasteiger partial charge in [-0.15, -0.1) is 0 Å². The summed E-state index contributed by atoms with van der Waals surface area (Å²) in [6.07, 6.45) is 0. The van der Waals surface area contributed by atoms with Gasteiger partial charge in [0.2, 0.25) is 5.95 Å². The summed E-state index contributed by atoms with van der Waals surface area (Å²) in [6, 6.07) is 7.03. The number of aromatic nitrogens is 2. The van der Waals surface area contributed by atoms with Crippen molar-refractivity contribution in [2.24, 2.45) is 5.92 Å². The van der Waals surface area contributed by atoms with E-state index >= 15 is 0 Å². The number of carbonyl (C=O) groups excluding carboxylic acids is 1. The minimum Gasteiger partial charge on any atom is -0.497 e. The molecule has 0 radical (unpaired) electrons. The van der Waals surface area contributed by atoms with Crippen LogP contribution in [0, 0.1) is 12.8 Å². The molecule has 1 amide bonds. The Hall–Kier alpha value is -2.83. The highest BCUT2D eigenvalue weighted by atomic mass is 16.5. The summed E-state index contributed by atoms with van der Waals surface area (Å²) in [4.78, 5) is 20.9. The van der Waals surface area contributed by atoms with E-state index in [2.05, 4.69) is 20.6 Å². The Kier molecular flexibility index (Phi) is 6.16. The van der Waals surface area contributed by atoms with Crippen LogP contribution < -0.4 is 20.1 Å². The van der Waals surface area contributed by atoms with Crippen molar-refractivity contribution in [1.82, 2.24) is 15.3 Å². The average Bonchev–Trinajstić information content (AvgIpc) is 2.59. The van der Waals surface area contributed by atoms with E-state index < -0.39 is 0 Å². The number of hydrogen-bond donors (Lipinski definition) is 2. The zero-order chi connectivity index (χ0) is 18.4. The van der Waals surface area contributed by atoms with Gasteiger partial charge in [-0.3, -0.25) is 4.79 Å². The molecule has 0 aliphatic rings. The van der Waals surface area contributed by atoms with E-state index in [0.717, 1.165) is 0 Å². The van der Waals surface area contributed by atoms with Gasteiger partial charge in [-0.1, -0.05) is 13.8 Å². The Morgan fingerprint density at radius 1 is 1.16 bits per heavy atom. The lowest BCUT2D eigenvalue weighted by Crippen LogP contribution is -2.28. The normalized spacial score (nSPS) is 10.5. The van der Waals surface area contributed by atoms with Crippen molar-refractivity contribution in [2.75, 3.05) is 26.1 Å². The number of carbonyl (C=O) groups is 1. The van der Waals surface area contributed by atoms with Crippen molar-refractivity contribution < 1.29 is 14.3 Å². The van der Waals surface area contributed by atoms with E-state index in [1.165, 1.54) is 0 Å². The molecule has 2 aromatic rings. The number of ether oxygens (including phenoxy) is 2. The molecule has 2 rings (SSSR count). The van der Waals surface area contributed by atoms with Crippen LogP contribution in [0.4, 0.5) is 11.6 Å². The number of amides is 1. The van der Waals surface area contributed by atoms with Crippen LogP contribution in [0.15, 0.2) is 24.3 Å². The largest absolute Gasteiger partial charge is 0.497 e. The number of anilines is 2. The van der Waals surface area contributed by atoms with Crippen molar-refractivity contribution in [3.63, 3.8) is 0 Å². The van der Waals surface area contributed by atoms with Gasteiger partial charge in [0.15, 0.2) is 0 Å². The second kappa shape index (κ2) is 8.32. The summed E-state index contributed by atoms with van der Waals surface area (Å²) in [5, 5.41) is 5.95. The monoisotopic (exact) mass is 344 g/mol. The molecular formula is C18H24N4O3. The number of rotatable bonds is 7. The SMILES string of the molecule is COc1ccc(Nc2nc(C)cc(C(=O)NCC(C)C)n2)c(OC)c1. The van der Waals surface area contributed by atoms with Crippen molar-refractivity contribution in [2.45, 2.75) is 20.8 Å². The first-order valence-corrected chi connectivity index (χ1v) is 8.06. The summed E-state index contributed by atoms with van der Waals surface area (Å²) in [7, 11) is 3.16. The summed E-state index contributed by atoms with van der Waals surface area (Å²) in [6.45, 7) is 6.48. The first-order chi connectivity index (χ1) is 11.9. The molecule has 1 aromatic carbocycles. The predicted octanol–water partition coefficient (Wildman–Crippen LogP) is 2.93. The van der Waals surface area contributed by atoms with Crippen LogP contribution in [0.5, 0.6) is 11.5 Å². The molecule has 1 heterocycles. The highest BCUT2D eigenvalue weighted by molar-refractivity contribution is 5.92. The van der Waals surface area contributed by atoms with Gasteiger partial charge >= 0.3 is 0 Å². The van der Waals surface area contributed by atoms with Gasteiger partial charge in [0.25, 0.3) is 5.91 Å². The van der Waals surface area contributed by atoms with Gasteiger partial charge in [-0.25, -0.2) is 9.97 Å². The number of nitrogens with zero attached hydrogens (tertiary/aromatic N) is 2. The summed E-state index contributed by atoms with van der Waals surface area (Å²) >= 11 is 0. The minimum absolute atomic E-state index is 0.219. The molecule has 0 fully saturated rings. The smallest absolute Gasteiger partial charge is 0.270 e. The number of hydrogen-bond acceptors (Lipinski definition) is 6. The van der Waals surface area contributed by atoms with Crippen molar-refractivity contribution in [3.05, 3.63) is 35.7 Å². The molecule has 0 saturated heterocycles. The molecule has 0 atom stereocenters. The molecule has 25 heavy (non-hydrogen) atoms. The number of aryl methyl sites for hydroxylation is 1. The van der Waals surface area contributed by atoms with E-state index in [9.17, 15) is 4.79 Å². The maximum Gasteiger partial charge on any atom is 0.270 e. The second-order valence-corrected chi connectivity index (χ2v) is 6.01. The van der Waals surface area contributed by atoms with Crippen molar-refractivity contribution in [1.29, 1.82) is 0 Å². The van der Waals surface area contributed by atoms with Crippen LogP contribution in [-0.2, 0) is 0 Å². The lowest BCUT2D eigenvalue weighted by molar-refractivity contribution is 0.0944. The van der Waals surface area contributed by atoms with Gasteiger partial charge in [0, 0.05) is 18.3 Å². The van der Waals surface area contributed by atoms with Gasteiger partial charge in [0.05, 0.1) is 19.9 Å². The third-order valence-electron chi connectivity index (χ3n) is 3.41. The first-order valence-electron chi connectivity index (χ1n) is 8.06. The Balaban J connectivity index is 2.24. The van der Waals surface area contributed by atoms with E-state index in [0.29, 0.717) is 47.0 Å². The third-order valence-corrected chi connectivity index (χ3v) is 3.41. The molecule has 0 saturated carbocycles. The molecule has 7 heteroatoms. The van der Waals surface area contributed by atoms with E-state index in [1.807, 2.05) is 26.8 Å². The molecule has 134 valence electrons. The zero-order valence-corrected chi connectivity index (χ0v) is 15.2. The second-order valence-electron chi connectivity index (χ2n) is 6.01. The van der Waals surface area contributed by atoms with Crippen LogP contribution in [0.25, 0.3) is 0 Å². The summed E-state index contributed by atoms with van der Waals surface area (Å²) in [5.41, 5.74) is 1.70. The average molecular weight is 344 g/mol. The summed E-state index contributed by atoms with van der Waals surface area (Å²) < 4.78 is 10.5. The number of methoxy groups -OCH3 is 2. The van der Waals surface area contributed by atoms with Crippen LogP contribution in [0.3, 0.4) is 0 Å². The number of benzene rings is 1. The predicted molar refractivity (Wildman–Crippen MR) is 96.8 cm³/mol. The van der Waals surface area contributed by atoms with E-state index in [-0.39, 0.29) is 5.91 Å². The Labute approximate surface area is 147 Å². The Morgan fingerprint density at radius 3 is 2.56 bits per heavy atom. The fraction of sp³-hybridized carbons (Fsp3) is 0.389. The molecule has 1 aromatic heterocycles. The molecule has 7 nitrogen and oxygen atoms in total. The van der Waals surface area contributed by atoms with Crippen molar-refractivity contribution in [3.8, 4) is 11.5 Å². The van der Waals surface area contributed by atoms with Crippen LogP contribution in [0.1, 0.15) is 30.0 Å². The number of nitrogens with one attached hydrogen (secondary N) is 2. The van der Waals surface area contributed by atoms with Gasteiger partial charge < -0.3 is 20.1 Å². The first kappa shape index (κ1) is 18.5. The van der Waals surface area contributed by atoms with E-state index in [1.54, 1.807) is 32.4 Å². The van der Waals surface area contributed by atoms with E-state index in [4.69, 9.17) is 9.47 Å². The molecule has 0 spiro atoms. The van der Waals surface area contributed by atoms with Crippen LogP contribution in [-0.4, -0.2) is 36.6 Å². The Morgan fingerprint density at radius 2 is 1.92 bits per heavy atom. The van der Waals surface area contributed by atoms with Crippen LogP contribution >= 0.6 is 0 Å². The zero-order valence-electron chi connectivity index (χ0n) is 15.2. The fourth-order valence-corrected chi connectivity index (χ4v) is 2.15. The van der Waals surface area contributed by atoms with Gasteiger partial charge in [-0.2, -0.15) is 0 Å². The summed E-state index contributed by atoms with van der Waals surface area (Å²) in [5.74, 6) is 1.76. The molecule has 0 bridgehead atoms. The quantitative estimate of drug-likeness (QED) is 0.803. The fourth-order valence-electron chi connectivity index (χ4n) is 2.15. The molecule has 0 aliphatic carbocycles. The molecule has 0 unspecified atom stereocenters. The maximum atomic E-state index is 12.2. The molecule has 0 aliphatic heterocycles. The van der Waals surface area contributed by atoms with Crippen molar-refractivity contribution >= 4 is 17.5 Å². The standard InChI is InChI=1S/C18H24N4O3/c1-11(2)10-19-17(23)15-8-12(3)20-18(22-15)21-14-7-6-13(24-4)9-16(14)25-5/h6-9,11H,10H2,1-5H3,(H,19,23)(H,20,21,22). The van der Waals surface area contributed by atoms with Gasteiger partial charge in [-0.05, 0) is 31.0 Å².